The molecule has 3 rings (SSSR count). The Bertz CT molecular complexity index is 871. The van der Waals surface area contributed by atoms with Crippen LogP contribution in [-0.4, -0.2) is 28.9 Å². The van der Waals surface area contributed by atoms with Crippen LogP contribution in [0.3, 0.4) is 0 Å². The SMILES string of the molecule is CCCCCCCCCC(=O)N[C@@H]1CCCC[C@@H]1NC(=O)c1csc(COc2ccccc2)n1. The van der Waals surface area contributed by atoms with Crippen LogP contribution in [0.1, 0.15) is 99.5 Å². The van der Waals surface area contributed by atoms with Crippen LogP contribution in [0.15, 0.2) is 35.7 Å². The van der Waals surface area contributed by atoms with Gasteiger partial charge >= 0.3 is 0 Å². The number of thiazole rings is 1. The first kappa shape index (κ1) is 26.2. The highest BCUT2D eigenvalue weighted by Crippen LogP contribution is 2.20. The zero-order chi connectivity index (χ0) is 24.0. The molecule has 1 aromatic heterocycles. The monoisotopic (exact) mass is 485 g/mol. The minimum absolute atomic E-state index is 0.00530. The number of benzene rings is 1. The van der Waals surface area contributed by atoms with Gasteiger partial charge in [-0.1, -0.05) is 76.5 Å². The van der Waals surface area contributed by atoms with Gasteiger partial charge in [0.05, 0.1) is 0 Å². The van der Waals surface area contributed by atoms with Crippen LogP contribution in [0.2, 0.25) is 0 Å². The van der Waals surface area contributed by atoms with E-state index in [1.165, 1.54) is 43.4 Å². The minimum Gasteiger partial charge on any atom is -0.486 e. The molecule has 0 aliphatic heterocycles. The molecular weight excluding hydrogens is 446 g/mol. The van der Waals surface area contributed by atoms with Crippen molar-refractivity contribution in [1.29, 1.82) is 0 Å². The maximum absolute atomic E-state index is 12.8. The maximum atomic E-state index is 12.8. The number of rotatable bonds is 14. The predicted octanol–water partition coefficient (Wildman–Crippen LogP) is 6.02. The van der Waals surface area contributed by atoms with Gasteiger partial charge in [-0.25, -0.2) is 4.98 Å². The van der Waals surface area contributed by atoms with E-state index in [1.807, 2.05) is 30.3 Å². The number of nitrogens with zero attached hydrogens (tertiary/aromatic N) is 1. The molecule has 34 heavy (non-hydrogen) atoms. The lowest BCUT2D eigenvalue weighted by atomic mass is 9.90. The molecule has 7 heteroatoms. The first-order valence-corrected chi connectivity index (χ1v) is 13.8. The molecule has 0 radical (unpaired) electrons. The molecule has 2 atom stereocenters. The fourth-order valence-electron chi connectivity index (χ4n) is 4.38. The van der Waals surface area contributed by atoms with E-state index in [4.69, 9.17) is 4.74 Å². The van der Waals surface area contributed by atoms with Gasteiger partial charge in [-0.2, -0.15) is 0 Å². The van der Waals surface area contributed by atoms with Crippen molar-refractivity contribution in [3.63, 3.8) is 0 Å². The van der Waals surface area contributed by atoms with Gasteiger partial charge in [-0.3, -0.25) is 9.59 Å². The Labute approximate surface area is 207 Å². The molecule has 1 aromatic carbocycles. The first-order chi connectivity index (χ1) is 16.7. The number of unbranched alkanes of at least 4 members (excludes halogenated alkanes) is 6. The normalized spacial score (nSPS) is 17.8. The summed E-state index contributed by atoms with van der Waals surface area (Å²) in [6.07, 6.45) is 12.9. The van der Waals surface area contributed by atoms with Crippen LogP contribution >= 0.6 is 11.3 Å². The summed E-state index contributed by atoms with van der Waals surface area (Å²) in [5, 5.41) is 8.85. The van der Waals surface area contributed by atoms with E-state index in [-0.39, 0.29) is 23.9 Å². The van der Waals surface area contributed by atoms with Crippen LogP contribution in [0, 0.1) is 0 Å². The summed E-state index contributed by atoms with van der Waals surface area (Å²) in [5.41, 5.74) is 0.412. The smallest absolute Gasteiger partial charge is 0.271 e. The maximum Gasteiger partial charge on any atom is 0.271 e. The van der Waals surface area contributed by atoms with Crippen molar-refractivity contribution in [1.82, 2.24) is 15.6 Å². The Morgan fingerprint density at radius 1 is 0.971 bits per heavy atom. The summed E-state index contributed by atoms with van der Waals surface area (Å²) in [4.78, 5) is 29.8. The highest BCUT2D eigenvalue weighted by atomic mass is 32.1. The van der Waals surface area contributed by atoms with Gasteiger partial charge < -0.3 is 15.4 Å². The standard InChI is InChI=1S/C27H39N3O3S/c1-2-3-4-5-6-7-11-18-25(31)28-22-16-12-13-17-23(22)30-27(32)24-20-34-26(29-24)19-33-21-14-9-8-10-15-21/h8-10,14-15,20,22-23H,2-7,11-13,16-19H2,1H3,(H,28,31)(H,30,32)/t22-,23+/m1/s1. The van der Waals surface area contributed by atoms with Crippen LogP contribution in [0.5, 0.6) is 5.75 Å². The Morgan fingerprint density at radius 3 is 2.38 bits per heavy atom. The van der Waals surface area contributed by atoms with Crippen LogP contribution in [0.4, 0.5) is 0 Å². The molecule has 0 bridgehead atoms. The Balaban J connectivity index is 1.41. The van der Waals surface area contributed by atoms with Crippen molar-refractivity contribution in [2.24, 2.45) is 0 Å². The Kier molecular flexibility index (Phi) is 11.4. The van der Waals surface area contributed by atoms with Gasteiger partial charge in [0.1, 0.15) is 23.1 Å². The van der Waals surface area contributed by atoms with Gasteiger partial charge in [-0.05, 0) is 31.4 Å². The quantitative estimate of drug-likeness (QED) is 0.321. The van der Waals surface area contributed by atoms with Gasteiger partial charge in [-0.15, -0.1) is 11.3 Å². The number of nitrogens with one attached hydrogen (secondary N) is 2. The minimum atomic E-state index is -0.180. The number of hydrogen-bond donors (Lipinski definition) is 2. The third-order valence-corrected chi connectivity index (χ3v) is 7.15. The van der Waals surface area contributed by atoms with E-state index in [0.29, 0.717) is 18.7 Å². The van der Waals surface area contributed by atoms with E-state index in [0.717, 1.165) is 49.3 Å². The number of carbonyl (C=O) groups is 2. The highest BCUT2D eigenvalue weighted by Gasteiger charge is 2.28. The fourth-order valence-corrected chi connectivity index (χ4v) is 5.07. The summed E-state index contributed by atoms with van der Waals surface area (Å²) in [6, 6.07) is 9.52. The second kappa shape index (κ2) is 14.8. The van der Waals surface area contributed by atoms with E-state index in [1.54, 1.807) is 5.38 Å². The largest absolute Gasteiger partial charge is 0.486 e. The number of para-hydroxylation sites is 1. The first-order valence-electron chi connectivity index (χ1n) is 12.9. The van der Waals surface area contributed by atoms with Gasteiger partial charge in [0, 0.05) is 23.9 Å². The summed E-state index contributed by atoms with van der Waals surface area (Å²) < 4.78 is 5.73. The lowest BCUT2D eigenvalue weighted by Crippen LogP contribution is -2.53. The van der Waals surface area contributed by atoms with Gasteiger partial charge in [0.25, 0.3) is 5.91 Å². The van der Waals surface area contributed by atoms with E-state index >= 15 is 0 Å². The van der Waals surface area contributed by atoms with Crippen molar-refractivity contribution < 1.29 is 14.3 Å². The lowest BCUT2D eigenvalue weighted by Gasteiger charge is -2.32. The van der Waals surface area contributed by atoms with Crippen molar-refractivity contribution >= 4 is 23.2 Å². The number of aromatic nitrogens is 1. The molecular formula is C27H39N3O3S. The molecule has 2 N–H and O–H groups in total. The summed E-state index contributed by atoms with van der Waals surface area (Å²) in [7, 11) is 0. The molecule has 0 spiro atoms. The van der Waals surface area contributed by atoms with E-state index in [9.17, 15) is 9.59 Å². The number of amides is 2. The van der Waals surface area contributed by atoms with Crippen molar-refractivity contribution in [2.45, 2.75) is 103 Å². The number of carbonyl (C=O) groups excluding carboxylic acids is 2. The van der Waals surface area contributed by atoms with E-state index in [2.05, 4.69) is 22.5 Å². The third kappa shape index (κ3) is 9.09. The Morgan fingerprint density at radius 2 is 1.65 bits per heavy atom. The molecule has 1 saturated carbocycles. The zero-order valence-electron chi connectivity index (χ0n) is 20.4. The average Bonchev–Trinajstić information content (AvgIpc) is 3.33. The number of hydrogen-bond acceptors (Lipinski definition) is 5. The van der Waals surface area contributed by atoms with Gasteiger partial charge in [0.15, 0.2) is 0 Å². The average molecular weight is 486 g/mol. The molecule has 6 nitrogen and oxygen atoms in total. The highest BCUT2D eigenvalue weighted by molar-refractivity contribution is 7.09. The van der Waals surface area contributed by atoms with Gasteiger partial charge in [0.2, 0.25) is 5.91 Å². The molecule has 2 amide bonds. The molecule has 1 aliphatic rings. The second-order valence-corrected chi connectivity index (χ2v) is 10.1. The molecule has 0 unspecified atom stereocenters. The van der Waals surface area contributed by atoms with Crippen LogP contribution < -0.4 is 15.4 Å². The zero-order valence-corrected chi connectivity index (χ0v) is 21.2. The molecule has 1 heterocycles. The van der Waals surface area contributed by atoms with Crippen molar-refractivity contribution in [3.8, 4) is 5.75 Å². The van der Waals surface area contributed by atoms with Crippen LogP contribution in [0.25, 0.3) is 0 Å². The summed E-state index contributed by atoms with van der Waals surface area (Å²) in [6.45, 7) is 2.56. The molecule has 1 fully saturated rings. The van der Waals surface area contributed by atoms with Crippen LogP contribution in [-0.2, 0) is 11.4 Å². The van der Waals surface area contributed by atoms with E-state index < -0.39 is 0 Å². The topological polar surface area (TPSA) is 80.3 Å². The number of ether oxygens (including phenoxy) is 1. The summed E-state index contributed by atoms with van der Waals surface area (Å²) in [5.74, 6) is 0.704. The Hall–Kier alpha value is -2.41. The molecule has 0 saturated heterocycles. The summed E-state index contributed by atoms with van der Waals surface area (Å²) >= 11 is 1.42. The molecule has 186 valence electrons. The third-order valence-electron chi connectivity index (χ3n) is 6.33. The van der Waals surface area contributed by atoms with Crippen molar-refractivity contribution in [3.05, 3.63) is 46.4 Å². The lowest BCUT2D eigenvalue weighted by molar-refractivity contribution is -0.122. The second-order valence-electron chi connectivity index (χ2n) is 9.14. The molecule has 2 aromatic rings. The molecule has 1 aliphatic carbocycles. The van der Waals surface area contributed by atoms with Crippen molar-refractivity contribution in [2.75, 3.05) is 0 Å². The fraction of sp³-hybridized carbons (Fsp3) is 0.593. The predicted molar refractivity (Wildman–Crippen MR) is 137 cm³/mol.